The van der Waals surface area contributed by atoms with Crippen LogP contribution in [0.5, 0.6) is 0 Å². The lowest BCUT2D eigenvalue weighted by atomic mass is 10.1. The smallest absolute Gasteiger partial charge is 0.192 e. The lowest BCUT2D eigenvalue weighted by Gasteiger charge is -2.14. The molecule has 0 unspecified atom stereocenters. The zero-order valence-corrected chi connectivity index (χ0v) is 11.7. The van der Waals surface area contributed by atoms with Crippen molar-refractivity contribution >= 4 is 5.96 Å². The number of nitrogens with one attached hydrogen (secondary N) is 2. The van der Waals surface area contributed by atoms with Gasteiger partial charge in [-0.3, -0.25) is 0 Å². The lowest BCUT2D eigenvalue weighted by molar-refractivity contribution is 0.280. The normalized spacial score (nSPS) is 11.5. The van der Waals surface area contributed by atoms with Gasteiger partial charge in [0.2, 0.25) is 0 Å². The highest BCUT2D eigenvalue weighted by molar-refractivity contribution is 5.80. The molecule has 1 aromatic rings. The Labute approximate surface area is 115 Å². The van der Waals surface area contributed by atoms with Crippen molar-refractivity contribution in [2.45, 2.75) is 33.0 Å². The largest absolute Gasteiger partial charge is 0.392 e. The molecular weight excluding hydrogens is 238 g/mol. The number of nitrogens with zero attached hydrogens (tertiary/aromatic N) is 1. The molecule has 0 aromatic heterocycles. The molecule has 1 aromatic carbocycles. The molecule has 0 fully saturated rings. The molecule has 0 spiro atoms. The second-order valence-corrected chi connectivity index (χ2v) is 4.56. The van der Waals surface area contributed by atoms with Crippen LogP contribution in [-0.4, -0.2) is 23.7 Å². The topological polar surface area (TPSA) is 56.7 Å². The van der Waals surface area contributed by atoms with Gasteiger partial charge in [0, 0.05) is 12.6 Å². The zero-order chi connectivity index (χ0) is 14.1. The maximum Gasteiger partial charge on any atom is 0.192 e. The van der Waals surface area contributed by atoms with Crippen LogP contribution in [0, 0.1) is 0 Å². The number of rotatable bonds is 6. The van der Waals surface area contributed by atoms with Gasteiger partial charge in [-0.1, -0.05) is 30.3 Å². The van der Waals surface area contributed by atoms with Crippen molar-refractivity contribution in [2.75, 3.05) is 6.54 Å². The molecule has 0 radical (unpaired) electrons. The predicted molar refractivity (Wildman–Crippen MR) is 80.0 cm³/mol. The van der Waals surface area contributed by atoms with Crippen molar-refractivity contribution in [3.63, 3.8) is 0 Å². The Balaban J connectivity index is 2.75. The quantitative estimate of drug-likeness (QED) is 0.416. The summed E-state index contributed by atoms with van der Waals surface area (Å²) in [6.07, 6.45) is 1.79. The predicted octanol–water partition coefficient (Wildman–Crippen LogP) is 1.81. The third-order valence-electron chi connectivity index (χ3n) is 2.54. The van der Waals surface area contributed by atoms with E-state index < -0.39 is 0 Å². The summed E-state index contributed by atoms with van der Waals surface area (Å²) in [5.74, 6) is 0.752. The fourth-order valence-corrected chi connectivity index (χ4v) is 1.63. The molecule has 0 aliphatic heterocycles. The summed E-state index contributed by atoms with van der Waals surface area (Å²) >= 11 is 0. The fourth-order valence-electron chi connectivity index (χ4n) is 1.63. The summed E-state index contributed by atoms with van der Waals surface area (Å²) in [5, 5.41) is 15.7. The van der Waals surface area contributed by atoms with Gasteiger partial charge in [-0.05, 0) is 25.0 Å². The van der Waals surface area contributed by atoms with Gasteiger partial charge in [0.25, 0.3) is 0 Å². The minimum atomic E-state index is 0.0404. The molecule has 4 nitrogen and oxygen atoms in total. The van der Waals surface area contributed by atoms with E-state index in [1.807, 2.05) is 24.3 Å². The molecule has 0 saturated carbocycles. The lowest BCUT2D eigenvalue weighted by Crippen LogP contribution is -2.41. The van der Waals surface area contributed by atoms with Gasteiger partial charge >= 0.3 is 0 Å². The first-order valence-electron chi connectivity index (χ1n) is 6.50. The molecule has 0 atom stereocenters. The Morgan fingerprint density at radius 3 is 2.63 bits per heavy atom. The number of aliphatic hydroxyl groups excluding tert-OH is 1. The maximum absolute atomic E-state index is 9.28. The average Bonchev–Trinajstić information content (AvgIpc) is 2.41. The van der Waals surface area contributed by atoms with Gasteiger partial charge in [-0.25, -0.2) is 4.99 Å². The van der Waals surface area contributed by atoms with Crippen molar-refractivity contribution < 1.29 is 5.11 Å². The molecule has 3 N–H and O–H groups in total. The number of aliphatic hydroxyl groups is 1. The summed E-state index contributed by atoms with van der Waals surface area (Å²) in [6.45, 7) is 9.05. The number of hydrogen-bond acceptors (Lipinski definition) is 2. The Hall–Kier alpha value is -1.81. The Kier molecular flexibility index (Phi) is 6.68. The minimum Gasteiger partial charge on any atom is -0.392 e. The maximum atomic E-state index is 9.28. The molecule has 0 bridgehead atoms. The van der Waals surface area contributed by atoms with E-state index in [2.05, 4.69) is 36.1 Å². The molecule has 0 aliphatic carbocycles. The fraction of sp³-hybridized carbons (Fsp3) is 0.400. The van der Waals surface area contributed by atoms with Crippen LogP contribution in [0.3, 0.4) is 0 Å². The molecule has 0 amide bonds. The van der Waals surface area contributed by atoms with E-state index in [1.165, 1.54) is 0 Å². The van der Waals surface area contributed by atoms with E-state index in [9.17, 15) is 5.11 Å². The average molecular weight is 261 g/mol. The monoisotopic (exact) mass is 261 g/mol. The standard InChI is InChI=1S/C15H23N3O/c1-4-9-16-15(18-12(2)3)17-10-13-7-5-6-8-14(13)11-19/h4-8,12,19H,1,9-11H2,2-3H3,(H2,16,17,18). The number of guanidine groups is 1. The Morgan fingerprint density at radius 2 is 2.05 bits per heavy atom. The first kappa shape index (κ1) is 15.2. The second-order valence-electron chi connectivity index (χ2n) is 4.56. The van der Waals surface area contributed by atoms with Gasteiger partial charge in [-0.15, -0.1) is 6.58 Å². The highest BCUT2D eigenvalue weighted by Gasteiger charge is 2.02. The Bertz CT molecular complexity index is 427. The summed E-state index contributed by atoms with van der Waals surface area (Å²) in [7, 11) is 0. The molecule has 19 heavy (non-hydrogen) atoms. The highest BCUT2D eigenvalue weighted by atomic mass is 16.3. The third kappa shape index (κ3) is 5.57. The van der Waals surface area contributed by atoms with Gasteiger partial charge < -0.3 is 15.7 Å². The van der Waals surface area contributed by atoms with Gasteiger partial charge in [0.05, 0.1) is 13.2 Å². The molecule has 4 heteroatoms. The van der Waals surface area contributed by atoms with Crippen LogP contribution in [0.25, 0.3) is 0 Å². The zero-order valence-electron chi connectivity index (χ0n) is 11.7. The van der Waals surface area contributed by atoms with E-state index in [1.54, 1.807) is 6.08 Å². The van der Waals surface area contributed by atoms with Crippen molar-refractivity contribution in [1.82, 2.24) is 10.6 Å². The molecule has 104 valence electrons. The first-order chi connectivity index (χ1) is 9.17. The third-order valence-corrected chi connectivity index (χ3v) is 2.54. The van der Waals surface area contributed by atoms with Crippen LogP contribution in [0.2, 0.25) is 0 Å². The van der Waals surface area contributed by atoms with E-state index in [-0.39, 0.29) is 6.61 Å². The van der Waals surface area contributed by atoms with Crippen molar-refractivity contribution in [2.24, 2.45) is 4.99 Å². The van der Waals surface area contributed by atoms with Crippen LogP contribution in [0.1, 0.15) is 25.0 Å². The van der Waals surface area contributed by atoms with E-state index in [0.29, 0.717) is 19.1 Å². The van der Waals surface area contributed by atoms with E-state index >= 15 is 0 Å². The molecule has 0 heterocycles. The van der Waals surface area contributed by atoms with Gasteiger partial charge in [0.15, 0.2) is 5.96 Å². The van der Waals surface area contributed by atoms with Crippen molar-refractivity contribution in [3.8, 4) is 0 Å². The van der Waals surface area contributed by atoms with Crippen LogP contribution in [-0.2, 0) is 13.2 Å². The summed E-state index contributed by atoms with van der Waals surface area (Å²) in [4.78, 5) is 4.52. The summed E-state index contributed by atoms with van der Waals surface area (Å²) in [6, 6.07) is 8.08. The Morgan fingerprint density at radius 1 is 1.37 bits per heavy atom. The minimum absolute atomic E-state index is 0.0404. The van der Waals surface area contributed by atoms with Crippen LogP contribution < -0.4 is 10.6 Å². The van der Waals surface area contributed by atoms with Crippen molar-refractivity contribution in [1.29, 1.82) is 0 Å². The summed E-state index contributed by atoms with van der Waals surface area (Å²) < 4.78 is 0. The van der Waals surface area contributed by atoms with Crippen LogP contribution >= 0.6 is 0 Å². The van der Waals surface area contributed by atoms with E-state index in [4.69, 9.17) is 0 Å². The van der Waals surface area contributed by atoms with Gasteiger partial charge in [-0.2, -0.15) is 0 Å². The summed E-state index contributed by atoms with van der Waals surface area (Å²) in [5.41, 5.74) is 1.95. The number of benzene rings is 1. The number of aliphatic imine (C=N–C) groups is 1. The second kappa shape index (κ2) is 8.32. The molecule has 1 rings (SSSR count). The highest BCUT2D eigenvalue weighted by Crippen LogP contribution is 2.09. The van der Waals surface area contributed by atoms with Crippen LogP contribution in [0.15, 0.2) is 41.9 Å². The molecule has 0 saturated heterocycles. The van der Waals surface area contributed by atoms with E-state index in [0.717, 1.165) is 17.1 Å². The number of hydrogen-bond donors (Lipinski definition) is 3. The van der Waals surface area contributed by atoms with Crippen LogP contribution in [0.4, 0.5) is 0 Å². The van der Waals surface area contributed by atoms with Gasteiger partial charge in [0.1, 0.15) is 0 Å². The first-order valence-corrected chi connectivity index (χ1v) is 6.50. The SMILES string of the molecule is C=CCNC(=NCc1ccccc1CO)NC(C)C. The molecular formula is C15H23N3O. The molecule has 0 aliphatic rings. The van der Waals surface area contributed by atoms with Crippen molar-refractivity contribution in [3.05, 3.63) is 48.0 Å².